The molecule has 1 unspecified atom stereocenters. The van der Waals surface area contributed by atoms with Crippen LogP contribution in [0, 0.1) is 0 Å². The lowest BCUT2D eigenvalue weighted by molar-refractivity contribution is 0.0446. The van der Waals surface area contributed by atoms with Crippen LogP contribution in [0.25, 0.3) is 11.1 Å². The highest BCUT2D eigenvalue weighted by Crippen LogP contribution is 2.22. The summed E-state index contributed by atoms with van der Waals surface area (Å²) in [5, 5.41) is 10.4. The first-order chi connectivity index (χ1) is 14.8. The zero-order valence-electron chi connectivity index (χ0n) is 17.4. The van der Waals surface area contributed by atoms with Gasteiger partial charge >= 0.3 is 0 Å². The maximum absolute atomic E-state index is 10.4. The van der Waals surface area contributed by atoms with Crippen LogP contribution in [0.3, 0.4) is 0 Å². The van der Waals surface area contributed by atoms with Crippen molar-refractivity contribution in [1.82, 2.24) is 9.80 Å². The van der Waals surface area contributed by atoms with Crippen molar-refractivity contribution in [2.75, 3.05) is 39.3 Å². The topological polar surface area (TPSA) is 35.9 Å². The molecule has 30 heavy (non-hydrogen) atoms. The van der Waals surface area contributed by atoms with Gasteiger partial charge in [-0.1, -0.05) is 72.8 Å². The van der Waals surface area contributed by atoms with Gasteiger partial charge < -0.3 is 9.84 Å². The van der Waals surface area contributed by atoms with Crippen molar-refractivity contribution in [1.29, 1.82) is 0 Å². The van der Waals surface area contributed by atoms with Crippen molar-refractivity contribution in [3.05, 3.63) is 90.5 Å². The fourth-order valence-corrected chi connectivity index (χ4v) is 3.89. The molecule has 0 amide bonds. The molecule has 0 spiro atoms. The molecule has 1 fully saturated rings. The third kappa shape index (κ3) is 5.92. The Morgan fingerprint density at radius 3 is 1.93 bits per heavy atom. The maximum atomic E-state index is 10.4. The predicted molar refractivity (Wildman–Crippen MR) is 122 cm³/mol. The first kappa shape index (κ1) is 20.6. The van der Waals surface area contributed by atoms with E-state index in [1.807, 2.05) is 30.3 Å². The molecule has 156 valence electrons. The zero-order chi connectivity index (χ0) is 20.6. The molecule has 0 aromatic heterocycles. The van der Waals surface area contributed by atoms with Crippen molar-refractivity contribution >= 4 is 0 Å². The summed E-state index contributed by atoms with van der Waals surface area (Å²) in [5.41, 5.74) is 3.71. The Labute approximate surface area is 179 Å². The average Bonchev–Trinajstić information content (AvgIpc) is 2.81. The normalized spacial score (nSPS) is 16.3. The van der Waals surface area contributed by atoms with Crippen LogP contribution in [0.15, 0.2) is 84.9 Å². The third-order valence-electron chi connectivity index (χ3n) is 5.59. The van der Waals surface area contributed by atoms with Crippen LogP contribution in [0.5, 0.6) is 5.75 Å². The summed E-state index contributed by atoms with van der Waals surface area (Å²) < 4.78 is 5.81. The van der Waals surface area contributed by atoms with Gasteiger partial charge in [-0.15, -0.1) is 0 Å². The van der Waals surface area contributed by atoms with E-state index in [1.54, 1.807) is 0 Å². The second-order valence-electron chi connectivity index (χ2n) is 7.92. The number of hydrogen-bond acceptors (Lipinski definition) is 4. The molecule has 1 aliphatic heterocycles. The standard InChI is InChI=1S/C26H30N2O2/c29-25(20-28-17-15-27(16-18-28)19-22-7-3-1-4-8-22)21-30-26-13-11-24(12-14-26)23-9-5-2-6-10-23/h1-14,25,29H,15-21H2. The summed E-state index contributed by atoms with van der Waals surface area (Å²) in [6.07, 6.45) is -0.487. The molecule has 0 radical (unpaired) electrons. The number of hydrogen-bond donors (Lipinski definition) is 1. The van der Waals surface area contributed by atoms with Gasteiger partial charge in [-0.25, -0.2) is 0 Å². The molecule has 1 N–H and O–H groups in total. The van der Waals surface area contributed by atoms with Gasteiger partial charge in [0, 0.05) is 39.3 Å². The number of β-amino-alcohol motifs (C(OH)–C–C–N with tert-alkyl or cyclic N) is 1. The Morgan fingerprint density at radius 2 is 1.27 bits per heavy atom. The molecule has 0 bridgehead atoms. The number of aliphatic hydroxyl groups excluding tert-OH is 1. The van der Waals surface area contributed by atoms with Crippen molar-refractivity contribution in [2.24, 2.45) is 0 Å². The van der Waals surface area contributed by atoms with E-state index in [1.165, 1.54) is 11.1 Å². The summed E-state index contributed by atoms with van der Waals surface area (Å²) in [7, 11) is 0. The lowest BCUT2D eigenvalue weighted by atomic mass is 10.1. The predicted octanol–water partition coefficient (Wildman–Crippen LogP) is 3.91. The first-order valence-electron chi connectivity index (χ1n) is 10.7. The van der Waals surface area contributed by atoms with Crippen LogP contribution in [-0.4, -0.2) is 60.3 Å². The molecule has 1 aliphatic rings. The Balaban J connectivity index is 1.18. The minimum atomic E-state index is -0.487. The van der Waals surface area contributed by atoms with E-state index >= 15 is 0 Å². The molecule has 1 atom stereocenters. The van der Waals surface area contributed by atoms with Crippen molar-refractivity contribution in [2.45, 2.75) is 12.6 Å². The fraction of sp³-hybridized carbons (Fsp3) is 0.308. The highest BCUT2D eigenvalue weighted by Gasteiger charge is 2.19. The fourth-order valence-electron chi connectivity index (χ4n) is 3.89. The van der Waals surface area contributed by atoms with E-state index in [0.717, 1.165) is 44.0 Å². The number of benzene rings is 3. The van der Waals surface area contributed by atoms with E-state index in [9.17, 15) is 5.11 Å². The zero-order valence-corrected chi connectivity index (χ0v) is 17.4. The van der Waals surface area contributed by atoms with Gasteiger partial charge in [-0.05, 0) is 28.8 Å². The largest absolute Gasteiger partial charge is 0.491 e. The van der Waals surface area contributed by atoms with Gasteiger partial charge in [0.05, 0.1) is 0 Å². The molecule has 1 saturated heterocycles. The molecule has 4 rings (SSSR count). The number of piperazine rings is 1. The smallest absolute Gasteiger partial charge is 0.119 e. The molecule has 0 saturated carbocycles. The summed E-state index contributed by atoms with van der Waals surface area (Å²) in [5.74, 6) is 0.793. The quantitative estimate of drug-likeness (QED) is 0.620. The van der Waals surface area contributed by atoms with Gasteiger partial charge in [0.1, 0.15) is 18.5 Å². The number of aliphatic hydroxyl groups is 1. The second kappa shape index (κ2) is 10.4. The highest BCUT2D eigenvalue weighted by atomic mass is 16.5. The van der Waals surface area contributed by atoms with Crippen LogP contribution < -0.4 is 4.74 Å². The molecule has 0 aliphatic carbocycles. The molecule has 4 nitrogen and oxygen atoms in total. The number of ether oxygens (including phenoxy) is 1. The number of rotatable bonds is 8. The summed E-state index contributed by atoms with van der Waals surface area (Å²) >= 11 is 0. The van der Waals surface area contributed by atoms with E-state index in [4.69, 9.17) is 4.74 Å². The molecule has 3 aromatic carbocycles. The van der Waals surface area contributed by atoms with E-state index in [-0.39, 0.29) is 0 Å². The first-order valence-corrected chi connectivity index (χ1v) is 10.7. The van der Waals surface area contributed by atoms with E-state index in [2.05, 4.69) is 64.4 Å². The lowest BCUT2D eigenvalue weighted by Gasteiger charge is -2.35. The summed E-state index contributed by atoms with van der Waals surface area (Å²) in [6.45, 7) is 5.99. The Kier molecular flexibility index (Phi) is 7.14. The van der Waals surface area contributed by atoms with Crippen molar-refractivity contribution in [3.8, 4) is 16.9 Å². The minimum absolute atomic E-state index is 0.314. The van der Waals surface area contributed by atoms with Crippen LogP contribution in [0.2, 0.25) is 0 Å². The average molecular weight is 403 g/mol. The molecule has 4 heteroatoms. The van der Waals surface area contributed by atoms with Gasteiger partial charge in [-0.3, -0.25) is 9.80 Å². The summed E-state index contributed by atoms with van der Waals surface area (Å²) in [4.78, 5) is 4.80. The number of nitrogens with zero attached hydrogens (tertiary/aromatic N) is 2. The minimum Gasteiger partial charge on any atom is -0.491 e. The van der Waals surface area contributed by atoms with Gasteiger partial charge in [0.2, 0.25) is 0 Å². The van der Waals surface area contributed by atoms with Crippen molar-refractivity contribution in [3.63, 3.8) is 0 Å². The molecule has 3 aromatic rings. The SMILES string of the molecule is OC(COc1ccc(-c2ccccc2)cc1)CN1CCN(Cc2ccccc2)CC1. The molecular weight excluding hydrogens is 372 g/mol. The van der Waals surface area contributed by atoms with E-state index in [0.29, 0.717) is 13.2 Å². The maximum Gasteiger partial charge on any atom is 0.119 e. The van der Waals surface area contributed by atoms with Crippen LogP contribution in [0.1, 0.15) is 5.56 Å². The van der Waals surface area contributed by atoms with Gasteiger partial charge in [0.15, 0.2) is 0 Å². The monoisotopic (exact) mass is 402 g/mol. The highest BCUT2D eigenvalue weighted by molar-refractivity contribution is 5.63. The van der Waals surface area contributed by atoms with E-state index < -0.39 is 6.10 Å². The Bertz CT molecular complexity index is 876. The van der Waals surface area contributed by atoms with Crippen LogP contribution in [-0.2, 0) is 6.54 Å². The van der Waals surface area contributed by atoms with Crippen molar-refractivity contribution < 1.29 is 9.84 Å². The molecule has 1 heterocycles. The van der Waals surface area contributed by atoms with Crippen LogP contribution in [0.4, 0.5) is 0 Å². The Morgan fingerprint density at radius 1 is 0.700 bits per heavy atom. The third-order valence-corrected chi connectivity index (χ3v) is 5.59. The van der Waals surface area contributed by atoms with Gasteiger partial charge in [0.25, 0.3) is 0 Å². The lowest BCUT2D eigenvalue weighted by Crippen LogP contribution is -2.48. The molecular formula is C26H30N2O2. The van der Waals surface area contributed by atoms with Gasteiger partial charge in [-0.2, -0.15) is 0 Å². The van der Waals surface area contributed by atoms with Crippen LogP contribution >= 0.6 is 0 Å². The summed E-state index contributed by atoms with van der Waals surface area (Å²) in [6, 6.07) is 29.0. The Hall–Kier alpha value is -2.66. The second-order valence-corrected chi connectivity index (χ2v) is 7.92.